The average molecular weight is 348 g/mol. The third kappa shape index (κ3) is 1.53. The van der Waals surface area contributed by atoms with Gasteiger partial charge in [-0.05, 0) is 49.4 Å². The second-order valence-electron chi connectivity index (χ2n) is 10.1. The number of epoxide rings is 2. The van der Waals surface area contributed by atoms with Gasteiger partial charge in [0.1, 0.15) is 0 Å². The van der Waals surface area contributed by atoms with Gasteiger partial charge in [-0.1, -0.05) is 0 Å². The molecule has 8 unspecified atom stereocenters. The predicted octanol–water partition coefficient (Wildman–Crippen LogP) is 1.28. The van der Waals surface area contributed by atoms with Crippen LogP contribution in [0.4, 0.5) is 0 Å². The van der Waals surface area contributed by atoms with Gasteiger partial charge in [-0.2, -0.15) is 0 Å². The summed E-state index contributed by atoms with van der Waals surface area (Å²) in [5.74, 6) is 2.63. The van der Waals surface area contributed by atoms with E-state index >= 15 is 0 Å². The van der Waals surface area contributed by atoms with Gasteiger partial charge in [0.25, 0.3) is 0 Å². The lowest BCUT2D eigenvalue weighted by molar-refractivity contribution is -0.550. The summed E-state index contributed by atoms with van der Waals surface area (Å²) in [6.45, 7) is 2.70. The molecule has 136 valence electrons. The number of hydrogen-bond acceptors (Lipinski definition) is 6. The molecule has 8 aliphatic rings. The van der Waals surface area contributed by atoms with Gasteiger partial charge in [0.05, 0.1) is 50.8 Å². The van der Waals surface area contributed by atoms with Crippen LogP contribution in [0.25, 0.3) is 0 Å². The van der Waals surface area contributed by atoms with Crippen LogP contribution in [0.5, 0.6) is 0 Å². The van der Waals surface area contributed by atoms with E-state index in [4.69, 9.17) is 28.4 Å². The van der Waals surface area contributed by atoms with Gasteiger partial charge in [-0.15, -0.1) is 0 Å². The first-order valence-electron chi connectivity index (χ1n) is 10.1. The summed E-state index contributed by atoms with van der Waals surface area (Å²) >= 11 is 0. The topological polar surface area (TPSA) is 62.0 Å². The quantitative estimate of drug-likeness (QED) is 0.615. The molecule has 0 aromatic heterocycles. The summed E-state index contributed by atoms with van der Waals surface area (Å²) < 4.78 is 36.2. The first-order valence-corrected chi connectivity index (χ1v) is 10.1. The molecule has 6 nitrogen and oxygen atoms in total. The maximum absolute atomic E-state index is 6.13. The molecule has 4 saturated heterocycles. The van der Waals surface area contributed by atoms with Gasteiger partial charge >= 0.3 is 6.16 Å². The largest absolute Gasteiger partial charge is 0.412 e. The summed E-state index contributed by atoms with van der Waals surface area (Å²) in [6.07, 6.45) is 5.67. The minimum absolute atomic E-state index is 0.122. The van der Waals surface area contributed by atoms with E-state index < -0.39 is 6.16 Å². The van der Waals surface area contributed by atoms with Crippen LogP contribution in [-0.4, -0.2) is 57.0 Å². The van der Waals surface area contributed by atoms with E-state index in [9.17, 15) is 0 Å². The van der Waals surface area contributed by atoms with Gasteiger partial charge in [-0.3, -0.25) is 0 Å². The standard InChI is InChI=1S/C19H24O6/c1-9-3-17(11(1)15-13(9)24-15)5-20-19(21-6-17)22-7-18(8-23-19)4-10-2-12(18)16-14(10)25-16/h9-16H,1-8H2. The van der Waals surface area contributed by atoms with Crippen LogP contribution in [0.1, 0.15) is 25.7 Å². The molecule has 0 aromatic rings. The Morgan fingerprint density at radius 3 is 1.36 bits per heavy atom. The Balaban J connectivity index is 0.993. The number of rotatable bonds is 0. The monoisotopic (exact) mass is 348 g/mol. The molecule has 0 amide bonds. The highest BCUT2D eigenvalue weighted by Crippen LogP contribution is 2.67. The Morgan fingerprint density at radius 1 is 0.560 bits per heavy atom. The summed E-state index contributed by atoms with van der Waals surface area (Å²) in [4.78, 5) is 0. The van der Waals surface area contributed by atoms with Gasteiger partial charge in [0.15, 0.2) is 0 Å². The van der Waals surface area contributed by atoms with E-state index in [0.29, 0.717) is 74.5 Å². The Labute approximate surface area is 146 Å². The molecule has 4 aliphatic heterocycles. The van der Waals surface area contributed by atoms with Gasteiger partial charge < -0.3 is 28.4 Å². The fourth-order valence-electron chi connectivity index (χ4n) is 7.74. The Morgan fingerprint density at radius 2 is 1.00 bits per heavy atom. The minimum atomic E-state index is -1.26. The van der Waals surface area contributed by atoms with E-state index in [2.05, 4.69) is 0 Å². The van der Waals surface area contributed by atoms with Crippen LogP contribution < -0.4 is 0 Å². The Bertz CT molecular complexity index is 589. The lowest BCUT2D eigenvalue weighted by atomic mass is 9.73. The second-order valence-corrected chi connectivity index (χ2v) is 10.1. The average Bonchev–Trinajstić information content (AvgIpc) is 3.49. The molecule has 8 fully saturated rings. The zero-order chi connectivity index (χ0) is 16.0. The summed E-state index contributed by atoms with van der Waals surface area (Å²) in [6, 6.07) is 0. The normalized spacial score (nSPS) is 71.0. The molecule has 4 saturated carbocycles. The van der Waals surface area contributed by atoms with Gasteiger partial charge in [0.2, 0.25) is 0 Å². The highest BCUT2D eigenvalue weighted by Gasteiger charge is 2.72. The molecule has 0 aromatic carbocycles. The van der Waals surface area contributed by atoms with Crippen LogP contribution in [-0.2, 0) is 28.4 Å². The van der Waals surface area contributed by atoms with Crippen LogP contribution in [0, 0.1) is 34.5 Å². The second kappa shape index (κ2) is 3.96. The molecule has 4 bridgehead atoms. The summed E-state index contributed by atoms with van der Waals surface area (Å²) in [7, 11) is 0. The van der Waals surface area contributed by atoms with Crippen LogP contribution in [0.2, 0.25) is 0 Å². The van der Waals surface area contributed by atoms with Crippen molar-refractivity contribution in [3.05, 3.63) is 0 Å². The van der Waals surface area contributed by atoms with E-state index in [0.717, 1.165) is 0 Å². The first-order chi connectivity index (χ1) is 12.2. The zero-order valence-electron chi connectivity index (χ0n) is 14.2. The van der Waals surface area contributed by atoms with Crippen molar-refractivity contribution in [2.45, 2.75) is 56.3 Å². The van der Waals surface area contributed by atoms with E-state index in [1.54, 1.807) is 0 Å². The molecule has 4 heterocycles. The molecular weight excluding hydrogens is 324 g/mol. The molecule has 25 heavy (non-hydrogen) atoms. The molecule has 4 aliphatic carbocycles. The molecule has 0 radical (unpaired) electrons. The summed E-state index contributed by atoms with van der Waals surface area (Å²) in [5.41, 5.74) is 0.244. The zero-order valence-corrected chi connectivity index (χ0v) is 14.2. The molecule has 6 heteroatoms. The lowest BCUT2D eigenvalue weighted by Gasteiger charge is -2.51. The first kappa shape index (κ1) is 13.9. The summed E-state index contributed by atoms with van der Waals surface area (Å²) in [5, 5.41) is 0. The smallest absolute Gasteiger partial charge is 0.369 e. The molecule has 8 atom stereocenters. The molecular formula is C19H24O6. The highest BCUT2D eigenvalue weighted by molar-refractivity contribution is 5.17. The van der Waals surface area contributed by atoms with Crippen molar-refractivity contribution in [1.29, 1.82) is 0 Å². The Hall–Kier alpha value is -0.240. The van der Waals surface area contributed by atoms with Gasteiger partial charge in [0, 0.05) is 10.8 Å². The van der Waals surface area contributed by atoms with Gasteiger partial charge in [-0.25, -0.2) is 0 Å². The molecule has 8 rings (SSSR count). The van der Waals surface area contributed by atoms with E-state index in [-0.39, 0.29) is 10.8 Å². The lowest BCUT2D eigenvalue weighted by Crippen LogP contribution is -2.60. The van der Waals surface area contributed by atoms with Crippen molar-refractivity contribution >= 4 is 0 Å². The van der Waals surface area contributed by atoms with Crippen LogP contribution in [0.3, 0.4) is 0 Å². The van der Waals surface area contributed by atoms with Crippen LogP contribution in [0.15, 0.2) is 0 Å². The minimum Gasteiger partial charge on any atom is -0.369 e. The number of ether oxygens (including phenoxy) is 6. The van der Waals surface area contributed by atoms with Crippen molar-refractivity contribution in [1.82, 2.24) is 0 Å². The van der Waals surface area contributed by atoms with Crippen LogP contribution >= 0.6 is 0 Å². The SMILES string of the molecule is C1C2CC3(COC4(OC3)OCC3(CO4)CC4CC3C3OC43)C1C1OC21. The van der Waals surface area contributed by atoms with E-state index in [1.807, 2.05) is 0 Å². The van der Waals surface area contributed by atoms with Crippen molar-refractivity contribution < 1.29 is 28.4 Å². The van der Waals surface area contributed by atoms with Crippen molar-refractivity contribution in [2.75, 3.05) is 26.4 Å². The third-order valence-electron chi connectivity index (χ3n) is 9.01. The number of fused-ring (bicyclic) bond motifs is 12. The Kier molecular flexibility index (Phi) is 2.19. The number of hydrogen-bond donors (Lipinski definition) is 0. The molecule has 0 N–H and O–H groups in total. The van der Waals surface area contributed by atoms with E-state index in [1.165, 1.54) is 25.7 Å². The van der Waals surface area contributed by atoms with Crippen molar-refractivity contribution in [2.24, 2.45) is 34.5 Å². The maximum atomic E-state index is 6.13. The third-order valence-corrected chi connectivity index (χ3v) is 9.01. The van der Waals surface area contributed by atoms with Crippen molar-refractivity contribution in [3.63, 3.8) is 0 Å². The predicted molar refractivity (Wildman–Crippen MR) is 81.2 cm³/mol. The van der Waals surface area contributed by atoms with Crippen molar-refractivity contribution in [3.8, 4) is 0 Å². The highest BCUT2D eigenvalue weighted by atomic mass is 17.0. The molecule has 3 spiro atoms. The fraction of sp³-hybridized carbons (Fsp3) is 1.00. The fourth-order valence-corrected chi connectivity index (χ4v) is 7.74. The maximum Gasteiger partial charge on any atom is 0.412 e.